The molecule has 0 saturated heterocycles. The smallest absolute Gasteiger partial charge is 0.324 e. The summed E-state index contributed by atoms with van der Waals surface area (Å²) in [6.45, 7) is 0.865. The van der Waals surface area contributed by atoms with Crippen LogP contribution in [0, 0.1) is 6.92 Å². The van der Waals surface area contributed by atoms with Crippen molar-refractivity contribution in [2.45, 2.75) is 18.0 Å². The normalized spacial score (nSPS) is 11.8. The predicted molar refractivity (Wildman–Crippen MR) is 122 cm³/mol. The number of halogens is 5. The topological polar surface area (TPSA) is 66.5 Å². The third kappa shape index (κ3) is 5.79. The fraction of sp³-hybridized carbons (Fsp3) is 0.136. The minimum atomic E-state index is -4.75. The van der Waals surface area contributed by atoms with Crippen molar-refractivity contribution in [3.05, 3.63) is 87.9 Å². The second-order valence-corrected chi connectivity index (χ2v) is 9.70. The highest BCUT2D eigenvalue weighted by molar-refractivity contribution is 7.92. The van der Waals surface area contributed by atoms with E-state index in [0.29, 0.717) is 26.6 Å². The van der Waals surface area contributed by atoms with Crippen LogP contribution in [0.15, 0.2) is 71.6 Å². The number of aryl methyl sites for hydroxylation is 1. The van der Waals surface area contributed by atoms with Crippen molar-refractivity contribution < 1.29 is 26.4 Å². The Morgan fingerprint density at radius 1 is 1.00 bits per heavy atom. The number of alkyl halides is 3. The lowest BCUT2D eigenvalue weighted by Crippen LogP contribution is -2.38. The lowest BCUT2D eigenvalue weighted by molar-refractivity contribution is -0.137. The van der Waals surface area contributed by atoms with Crippen LogP contribution in [0.1, 0.15) is 11.1 Å². The molecule has 3 aromatic rings. The third-order valence-electron chi connectivity index (χ3n) is 4.62. The highest BCUT2D eigenvalue weighted by Crippen LogP contribution is 2.37. The molecule has 174 valence electrons. The van der Waals surface area contributed by atoms with Gasteiger partial charge >= 0.3 is 6.18 Å². The minimum absolute atomic E-state index is 0.214. The summed E-state index contributed by atoms with van der Waals surface area (Å²) in [6, 6.07) is 14.0. The Kier molecular flexibility index (Phi) is 7.26. The van der Waals surface area contributed by atoms with Crippen LogP contribution in [0.2, 0.25) is 10.0 Å². The van der Waals surface area contributed by atoms with E-state index in [9.17, 15) is 26.4 Å². The second kappa shape index (κ2) is 9.62. The number of hydrogen-bond donors (Lipinski definition) is 1. The van der Waals surface area contributed by atoms with Crippen LogP contribution in [0.4, 0.5) is 24.5 Å². The third-order valence-corrected chi connectivity index (χ3v) is 6.95. The summed E-state index contributed by atoms with van der Waals surface area (Å²) < 4.78 is 67.1. The SMILES string of the molecule is Cc1cc(Cl)ccc1NC(=O)CN(c1cc(C(F)(F)F)ccc1Cl)S(=O)(=O)c1ccccc1. The van der Waals surface area contributed by atoms with Crippen molar-refractivity contribution in [1.82, 2.24) is 0 Å². The summed E-state index contributed by atoms with van der Waals surface area (Å²) in [6.07, 6.45) is -4.75. The molecule has 1 amide bonds. The fourth-order valence-corrected chi connectivity index (χ4v) is 4.94. The molecule has 0 heterocycles. The molecule has 0 saturated carbocycles. The van der Waals surface area contributed by atoms with Gasteiger partial charge in [-0.3, -0.25) is 9.10 Å². The quantitative estimate of drug-likeness (QED) is 0.426. The molecule has 0 bridgehead atoms. The summed E-state index contributed by atoms with van der Waals surface area (Å²) in [5, 5.41) is 2.73. The van der Waals surface area contributed by atoms with E-state index in [-0.39, 0.29) is 9.92 Å². The Hall–Kier alpha value is -2.75. The van der Waals surface area contributed by atoms with Gasteiger partial charge in [-0.15, -0.1) is 0 Å². The number of sulfonamides is 1. The highest BCUT2D eigenvalue weighted by Gasteiger charge is 2.34. The van der Waals surface area contributed by atoms with Crippen LogP contribution in [0.5, 0.6) is 0 Å². The maximum absolute atomic E-state index is 13.3. The van der Waals surface area contributed by atoms with Crippen molar-refractivity contribution in [2.24, 2.45) is 0 Å². The van der Waals surface area contributed by atoms with Gasteiger partial charge < -0.3 is 5.32 Å². The van der Waals surface area contributed by atoms with Gasteiger partial charge in [0.05, 0.1) is 21.2 Å². The average molecular weight is 517 g/mol. The van der Waals surface area contributed by atoms with Crippen molar-refractivity contribution in [3.8, 4) is 0 Å². The predicted octanol–water partition coefficient (Wildman–Crippen LogP) is 6.15. The molecule has 0 aromatic heterocycles. The first-order valence-corrected chi connectivity index (χ1v) is 11.6. The van der Waals surface area contributed by atoms with Gasteiger partial charge in [0.15, 0.2) is 0 Å². The molecule has 0 fully saturated rings. The van der Waals surface area contributed by atoms with E-state index in [2.05, 4.69) is 5.32 Å². The molecule has 1 N–H and O–H groups in total. The Balaban J connectivity index is 2.06. The van der Waals surface area contributed by atoms with E-state index in [0.717, 1.165) is 12.1 Å². The van der Waals surface area contributed by atoms with Gasteiger partial charge in [-0.1, -0.05) is 41.4 Å². The number of carbonyl (C=O) groups is 1. The number of benzene rings is 3. The van der Waals surface area contributed by atoms with Gasteiger partial charge in [-0.05, 0) is 61.0 Å². The van der Waals surface area contributed by atoms with Crippen molar-refractivity contribution in [1.29, 1.82) is 0 Å². The van der Waals surface area contributed by atoms with Crippen molar-refractivity contribution >= 4 is 50.5 Å². The minimum Gasteiger partial charge on any atom is -0.324 e. The molecule has 0 radical (unpaired) electrons. The van der Waals surface area contributed by atoms with Crippen LogP contribution >= 0.6 is 23.2 Å². The lowest BCUT2D eigenvalue weighted by Gasteiger charge is -2.26. The van der Waals surface area contributed by atoms with Gasteiger partial charge in [-0.2, -0.15) is 13.2 Å². The average Bonchev–Trinajstić information content (AvgIpc) is 2.74. The van der Waals surface area contributed by atoms with E-state index >= 15 is 0 Å². The zero-order valence-electron chi connectivity index (χ0n) is 17.0. The molecular weight excluding hydrogens is 500 g/mol. The Morgan fingerprint density at radius 2 is 1.67 bits per heavy atom. The summed E-state index contributed by atoms with van der Waals surface area (Å²) >= 11 is 12.0. The van der Waals surface area contributed by atoms with Gasteiger partial charge in [0.2, 0.25) is 5.91 Å². The molecule has 0 spiro atoms. The number of nitrogens with zero attached hydrogens (tertiary/aromatic N) is 1. The molecule has 0 unspecified atom stereocenters. The molecule has 0 aliphatic rings. The standard InChI is InChI=1S/C22H17Cl2F3N2O3S/c1-14-11-16(23)8-10-19(14)28-21(30)13-29(33(31,32)17-5-3-2-4-6-17)20-12-15(22(25,26)27)7-9-18(20)24/h2-12H,13H2,1H3,(H,28,30). The van der Waals surface area contributed by atoms with E-state index in [1.807, 2.05) is 0 Å². The maximum Gasteiger partial charge on any atom is 0.416 e. The molecule has 0 aliphatic carbocycles. The first-order valence-electron chi connectivity index (χ1n) is 9.40. The van der Waals surface area contributed by atoms with Gasteiger partial charge in [-0.25, -0.2) is 8.42 Å². The number of hydrogen-bond acceptors (Lipinski definition) is 3. The summed E-state index contributed by atoms with van der Waals surface area (Å²) in [7, 11) is -4.44. The van der Waals surface area contributed by atoms with Crippen LogP contribution < -0.4 is 9.62 Å². The zero-order valence-corrected chi connectivity index (χ0v) is 19.4. The number of carbonyl (C=O) groups excluding carboxylic acids is 1. The van der Waals surface area contributed by atoms with Gasteiger partial charge in [0.1, 0.15) is 6.54 Å². The van der Waals surface area contributed by atoms with Crippen LogP contribution in [-0.2, 0) is 21.0 Å². The highest BCUT2D eigenvalue weighted by atomic mass is 35.5. The molecular formula is C22H17Cl2F3N2O3S. The second-order valence-electron chi connectivity index (χ2n) is 7.00. The van der Waals surface area contributed by atoms with Gasteiger partial charge in [0.25, 0.3) is 10.0 Å². The van der Waals surface area contributed by atoms with Crippen LogP contribution in [0.3, 0.4) is 0 Å². The number of nitrogens with one attached hydrogen (secondary N) is 1. The first-order chi connectivity index (χ1) is 15.4. The van der Waals surface area contributed by atoms with E-state index < -0.39 is 39.9 Å². The molecule has 0 aliphatic heterocycles. The molecule has 0 atom stereocenters. The molecule has 3 aromatic carbocycles. The molecule has 3 rings (SSSR count). The van der Waals surface area contributed by atoms with Crippen LogP contribution in [-0.4, -0.2) is 20.9 Å². The van der Waals surface area contributed by atoms with E-state index in [1.165, 1.54) is 36.4 Å². The number of rotatable bonds is 6. The van der Waals surface area contributed by atoms with Crippen LogP contribution in [0.25, 0.3) is 0 Å². The number of amides is 1. The Labute approximate surface area is 198 Å². The van der Waals surface area contributed by atoms with E-state index in [1.54, 1.807) is 19.1 Å². The molecule has 5 nitrogen and oxygen atoms in total. The molecule has 33 heavy (non-hydrogen) atoms. The summed E-state index contributed by atoms with van der Waals surface area (Å²) in [5.74, 6) is -0.784. The first kappa shape index (κ1) is 24.9. The fourth-order valence-electron chi connectivity index (χ4n) is 2.99. The largest absolute Gasteiger partial charge is 0.416 e. The van der Waals surface area contributed by atoms with E-state index in [4.69, 9.17) is 23.2 Å². The van der Waals surface area contributed by atoms with Crippen molar-refractivity contribution in [2.75, 3.05) is 16.2 Å². The number of anilines is 2. The molecule has 11 heteroatoms. The Morgan fingerprint density at radius 3 is 2.27 bits per heavy atom. The van der Waals surface area contributed by atoms with Crippen molar-refractivity contribution in [3.63, 3.8) is 0 Å². The summed E-state index contributed by atoms with van der Waals surface area (Å²) in [5.41, 5.74) is -0.593. The Bertz CT molecular complexity index is 1280. The zero-order chi connectivity index (χ0) is 24.4. The summed E-state index contributed by atoms with van der Waals surface area (Å²) in [4.78, 5) is 12.6. The van der Waals surface area contributed by atoms with Gasteiger partial charge in [0, 0.05) is 10.7 Å². The monoisotopic (exact) mass is 516 g/mol. The lowest BCUT2D eigenvalue weighted by atomic mass is 10.2. The maximum atomic E-state index is 13.3.